The first-order valence-electron chi connectivity index (χ1n) is 8.47. The van der Waals surface area contributed by atoms with Crippen molar-refractivity contribution in [3.8, 4) is 0 Å². The molecule has 1 fully saturated rings. The van der Waals surface area contributed by atoms with Gasteiger partial charge in [-0.3, -0.25) is 9.59 Å². The number of aromatic amines is 1. The van der Waals surface area contributed by atoms with Crippen molar-refractivity contribution >= 4 is 17.5 Å². The molecule has 9 nitrogen and oxygen atoms in total. The Morgan fingerprint density at radius 2 is 2.23 bits per heavy atom. The second kappa shape index (κ2) is 6.58. The van der Waals surface area contributed by atoms with Gasteiger partial charge in [-0.05, 0) is 12.5 Å². The Morgan fingerprint density at radius 1 is 1.35 bits per heavy atom. The Bertz CT molecular complexity index is 961. The first-order valence-corrected chi connectivity index (χ1v) is 8.47. The Kier molecular flexibility index (Phi) is 4.11. The highest BCUT2D eigenvalue weighted by atomic mass is 16.2. The first kappa shape index (κ1) is 16.2. The zero-order valence-corrected chi connectivity index (χ0v) is 14.3. The minimum atomic E-state index is -0.238. The van der Waals surface area contributed by atoms with Crippen LogP contribution in [0.5, 0.6) is 0 Å². The molecule has 2 amide bonds. The molecule has 4 heterocycles. The van der Waals surface area contributed by atoms with Crippen LogP contribution in [-0.2, 0) is 11.3 Å². The summed E-state index contributed by atoms with van der Waals surface area (Å²) in [7, 11) is 0. The van der Waals surface area contributed by atoms with Crippen LogP contribution in [0.2, 0.25) is 0 Å². The van der Waals surface area contributed by atoms with E-state index in [1.165, 1.54) is 6.20 Å². The number of carbonyl (C=O) groups is 2. The zero-order valence-electron chi connectivity index (χ0n) is 14.3. The summed E-state index contributed by atoms with van der Waals surface area (Å²) in [4.78, 5) is 37.5. The van der Waals surface area contributed by atoms with Crippen LogP contribution >= 0.6 is 0 Å². The highest BCUT2D eigenvalue weighted by Crippen LogP contribution is 2.24. The van der Waals surface area contributed by atoms with Crippen molar-refractivity contribution in [3.05, 3.63) is 47.9 Å². The van der Waals surface area contributed by atoms with E-state index in [4.69, 9.17) is 0 Å². The number of rotatable bonds is 4. The van der Waals surface area contributed by atoms with Gasteiger partial charge in [0, 0.05) is 38.3 Å². The molecule has 3 aromatic heterocycles. The topological polar surface area (TPSA) is 108 Å². The van der Waals surface area contributed by atoms with Crippen LogP contribution in [0.1, 0.15) is 41.1 Å². The van der Waals surface area contributed by atoms with Gasteiger partial charge >= 0.3 is 0 Å². The van der Waals surface area contributed by atoms with Gasteiger partial charge in [-0.2, -0.15) is 5.10 Å². The smallest absolute Gasteiger partial charge is 0.257 e. The van der Waals surface area contributed by atoms with Crippen LogP contribution < -0.4 is 5.32 Å². The summed E-state index contributed by atoms with van der Waals surface area (Å²) in [6.07, 6.45) is 7.49. The van der Waals surface area contributed by atoms with Crippen LogP contribution in [-0.4, -0.2) is 54.4 Å². The maximum atomic E-state index is 12.4. The molecule has 0 spiro atoms. The lowest BCUT2D eigenvalue weighted by atomic mass is 10.1. The fraction of sp³-hybridized carbons (Fsp3) is 0.353. The molecular weight excluding hydrogens is 334 g/mol. The highest BCUT2D eigenvalue weighted by Gasteiger charge is 2.27. The molecule has 0 radical (unpaired) electrons. The Morgan fingerprint density at radius 3 is 3.04 bits per heavy atom. The normalized spacial score (nSPS) is 17.0. The van der Waals surface area contributed by atoms with Gasteiger partial charge in [0.25, 0.3) is 5.91 Å². The van der Waals surface area contributed by atoms with Crippen molar-refractivity contribution in [2.75, 3.05) is 13.1 Å². The Hall–Kier alpha value is -3.23. The molecule has 1 aliphatic rings. The van der Waals surface area contributed by atoms with Gasteiger partial charge in [0.1, 0.15) is 11.4 Å². The minimum Gasteiger partial charge on any atom is -0.346 e. The number of imidazole rings is 1. The summed E-state index contributed by atoms with van der Waals surface area (Å²) >= 11 is 0. The van der Waals surface area contributed by atoms with E-state index in [1.54, 1.807) is 36.1 Å². The summed E-state index contributed by atoms with van der Waals surface area (Å²) in [6, 6.07) is 1.75. The van der Waals surface area contributed by atoms with Crippen molar-refractivity contribution in [2.24, 2.45) is 0 Å². The second-order valence-electron chi connectivity index (χ2n) is 6.37. The number of fused-ring (bicyclic) bond motifs is 1. The quantitative estimate of drug-likeness (QED) is 0.718. The predicted molar refractivity (Wildman–Crippen MR) is 92.4 cm³/mol. The largest absolute Gasteiger partial charge is 0.346 e. The average molecular weight is 353 g/mol. The average Bonchev–Trinajstić information content (AvgIpc) is 3.37. The van der Waals surface area contributed by atoms with E-state index >= 15 is 0 Å². The van der Waals surface area contributed by atoms with E-state index in [1.807, 2.05) is 4.90 Å². The number of likely N-dealkylation sites (tertiary alicyclic amines) is 1. The summed E-state index contributed by atoms with van der Waals surface area (Å²) in [5, 5.41) is 6.97. The van der Waals surface area contributed by atoms with Crippen molar-refractivity contribution < 1.29 is 9.59 Å². The lowest BCUT2D eigenvalue weighted by Gasteiger charge is -2.12. The van der Waals surface area contributed by atoms with Crippen LogP contribution in [0.25, 0.3) is 5.65 Å². The van der Waals surface area contributed by atoms with Gasteiger partial charge in [0.15, 0.2) is 5.65 Å². The summed E-state index contributed by atoms with van der Waals surface area (Å²) in [5.41, 5.74) is 1.77. The highest BCUT2D eigenvalue weighted by molar-refractivity contribution is 5.99. The monoisotopic (exact) mass is 353 g/mol. The lowest BCUT2D eigenvalue weighted by Crippen LogP contribution is -2.25. The molecule has 1 aliphatic heterocycles. The van der Waals surface area contributed by atoms with E-state index < -0.39 is 0 Å². The number of aromatic nitrogens is 5. The predicted octanol–water partition coefficient (Wildman–Crippen LogP) is 0.718. The molecule has 4 rings (SSSR count). The molecule has 0 aromatic carbocycles. The number of carbonyl (C=O) groups excluding carboxylic acids is 2. The van der Waals surface area contributed by atoms with E-state index in [-0.39, 0.29) is 17.7 Å². The molecule has 0 aliphatic carbocycles. The van der Waals surface area contributed by atoms with Crippen LogP contribution in [0.4, 0.5) is 0 Å². The third-order valence-electron chi connectivity index (χ3n) is 4.63. The van der Waals surface area contributed by atoms with E-state index in [0.717, 1.165) is 24.5 Å². The van der Waals surface area contributed by atoms with E-state index in [9.17, 15) is 9.59 Å². The summed E-state index contributed by atoms with van der Waals surface area (Å²) in [5.74, 6) is 0.926. The van der Waals surface area contributed by atoms with Gasteiger partial charge in [-0.15, -0.1) is 0 Å². The minimum absolute atomic E-state index is 0.0913. The van der Waals surface area contributed by atoms with Gasteiger partial charge in [0.2, 0.25) is 5.91 Å². The molecule has 0 bridgehead atoms. The van der Waals surface area contributed by atoms with Gasteiger partial charge < -0.3 is 15.2 Å². The number of H-pyrrole nitrogens is 1. The maximum absolute atomic E-state index is 12.4. The number of hydrogen-bond donors (Lipinski definition) is 2. The number of hydrogen-bond acceptors (Lipinski definition) is 5. The third kappa shape index (κ3) is 3.03. The maximum Gasteiger partial charge on any atom is 0.257 e. The second-order valence-corrected chi connectivity index (χ2v) is 6.37. The summed E-state index contributed by atoms with van der Waals surface area (Å²) < 4.78 is 1.56. The molecular formula is C17H19N7O2. The molecule has 9 heteroatoms. The van der Waals surface area contributed by atoms with Crippen molar-refractivity contribution in [1.29, 1.82) is 0 Å². The van der Waals surface area contributed by atoms with Crippen LogP contribution in [0, 0.1) is 0 Å². The molecule has 1 unspecified atom stereocenters. The fourth-order valence-electron chi connectivity index (χ4n) is 3.20. The first-order chi connectivity index (χ1) is 12.6. The molecule has 26 heavy (non-hydrogen) atoms. The molecule has 3 aromatic rings. The summed E-state index contributed by atoms with van der Waals surface area (Å²) in [6.45, 7) is 3.36. The molecule has 1 atom stereocenters. The number of nitrogens with one attached hydrogen (secondary N) is 2. The SMILES string of the molecule is CC(=O)N1CCC(c2ncc(CNC(=O)c3cnn4cccnc34)[nH]2)C1. The molecule has 0 saturated carbocycles. The lowest BCUT2D eigenvalue weighted by molar-refractivity contribution is -0.127. The van der Waals surface area contributed by atoms with Crippen molar-refractivity contribution in [2.45, 2.75) is 25.8 Å². The van der Waals surface area contributed by atoms with Gasteiger partial charge in [-0.25, -0.2) is 14.5 Å². The fourth-order valence-corrected chi connectivity index (χ4v) is 3.20. The molecule has 1 saturated heterocycles. The van der Waals surface area contributed by atoms with Crippen LogP contribution in [0.3, 0.4) is 0 Å². The zero-order chi connectivity index (χ0) is 18.1. The van der Waals surface area contributed by atoms with E-state index in [0.29, 0.717) is 24.3 Å². The van der Waals surface area contributed by atoms with Gasteiger partial charge in [-0.1, -0.05) is 0 Å². The number of amides is 2. The standard InChI is InChI=1S/C17H19N7O2/c1-11(25)23-6-3-12(10-23)15-19-7-13(22-15)8-20-17(26)14-9-21-24-5-2-4-18-16(14)24/h2,4-5,7,9,12H,3,6,8,10H2,1H3,(H,19,22)(H,20,26). The molecule has 2 N–H and O–H groups in total. The van der Waals surface area contributed by atoms with Crippen LogP contribution in [0.15, 0.2) is 30.9 Å². The number of nitrogens with zero attached hydrogens (tertiary/aromatic N) is 5. The Balaban J connectivity index is 1.39. The Labute approximate surface area is 149 Å². The molecule has 134 valence electrons. The third-order valence-corrected chi connectivity index (χ3v) is 4.63. The van der Waals surface area contributed by atoms with E-state index in [2.05, 4.69) is 25.4 Å². The van der Waals surface area contributed by atoms with Gasteiger partial charge in [0.05, 0.1) is 24.6 Å². The van der Waals surface area contributed by atoms with Crippen molar-refractivity contribution in [3.63, 3.8) is 0 Å². The van der Waals surface area contributed by atoms with Crippen molar-refractivity contribution in [1.82, 2.24) is 34.8 Å².